The Morgan fingerprint density at radius 1 is 1.17 bits per heavy atom. The van der Waals surface area contributed by atoms with Gasteiger partial charge >= 0.3 is 12.1 Å². The number of amides is 2. The van der Waals surface area contributed by atoms with Gasteiger partial charge < -0.3 is 30.7 Å². The summed E-state index contributed by atoms with van der Waals surface area (Å²) in [6.45, 7) is 9.91. The van der Waals surface area contributed by atoms with Gasteiger partial charge in [0.15, 0.2) is 0 Å². The first-order valence-electron chi connectivity index (χ1n) is 15.0. The minimum atomic E-state index is -1.09. The number of ether oxygens (including phenoxy) is 2. The minimum absolute atomic E-state index is 0.0297. The average molecular weight is 589 g/mol. The lowest BCUT2D eigenvalue weighted by Gasteiger charge is -2.23. The SMILES string of the molecule is CC(C=CNC(=O)CC(C)C)=C[C@H](C)[C@H]1CC(C)=CC=CCC[C@@H](OC(N)=O)[C@H](O)C=C[C@H](O)CCCCCC(=O)O1. The molecule has 9 nitrogen and oxygen atoms in total. The molecule has 0 fully saturated rings. The smallest absolute Gasteiger partial charge is 0.404 e. The molecule has 2 amide bonds. The summed E-state index contributed by atoms with van der Waals surface area (Å²) in [5.41, 5.74) is 7.15. The van der Waals surface area contributed by atoms with Crippen molar-refractivity contribution in [3.8, 4) is 0 Å². The van der Waals surface area contributed by atoms with Gasteiger partial charge in [0.2, 0.25) is 5.91 Å². The highest BCUT2D eigenvalue weighted by Gasteiger charge is 2.22. The van der Waals surface area contributed by atoms with Crippen LogP contribution in [-0.4, -0.2) is 52.6 Å². The van der Waals surface area contributed by atoms with E-state index in [4.69, 9.17) is 15.2 Å². The second-order valence-electron chi connectivity index (χ2n) is 11.5. The molecule has 0 saturated carbocycles. The van der Waals surface area contributed by atoms with E-state index in [2.05, 4.69) is 5.32 Å². The molecule has 1 aliphatic rings. The Morgan fingerprint density at radius 2 is 1.90 bits per heavy atom. The maximum absolute atomic E-state index is 12.7. The van der Waals surface area contributed by atoms with Crippen LogP contribution >= 0.6 is 0 Å². The van der Waals surface area contributed by atoms with E-state index >= 15 is 0 Å². The molecule has 1 rings (SSSR count). The van der Waals surface area contributed by atoms with Crippen LogP contribution in [0.4, 0.5) is 4.79 Å². The molecule has 1 aliphatic heterocycles. The monoisotopic (exact) mass is 588 g/mol. The summed E-state index contributed by atoms with van der Waals surface area (Å²) in [5, 5.41) is 23.5. The molecule has 9 heteroatoms. The van der Waals surface area contributed by atoms with E-state index in [1.54, 1.807) is 6.20 Å². The molecule has 236 valence electrons. The van der Waals surface area contributed by atoms with Crippen molar-refractivity contribution in [1.29, 1.82) is 0 Å². The largest absolute Gasteiger partial charge is 0.461 e. The first-order valence-corrected chi connectivity index (χ1v) is 15.0. The van der Waals surface area contributed by atoms with Crippen LogP contribution in [0.2, 0.25) is 0 Å². The number of allylic oxidation sites excluding steroid dienone is 5. The molecule has 5 N–H and O–H groups in total. The van der Waals surface area contributed by atoms with Crippen LogP contribution in [0.15, 0.2) is 59.9 Å². The van der Waals surface area contributed by atoms with E-state index in [1.807, 2.05) is 65.0 Å². The summed E-state index contributed by atoms with van der Waals surface area (Å²) in [6.07, 6.45) is 14.8. The fourth-order valence-electron chi connectivity index (χ4n) is 4.52. The lowest BCUT2D eigenvalue weighted by Crippen LogP contribution is -2.32. The van der Waals surface area contributed by atoms with Gasteiger partial charge in [-0.05, 0) is 51.5 Å². The number of nitrogens with two attached hydrogens (primary N) is 1. The van der Waals surface area contributed by atoms with Crippen molar-refractivity contribution in [3.05, 3.63) is 59.9 Å². The molecule has 0 bridgehead atoms. The highest BCUT2D eigenvalue weighted by molar-refractivity contribution is 5.77. The molecule has 0 aromatic rings. The van der Waals surface area contributed by atoms with E-state index in [9.17, 15) is 24.6 Å². The Bertz CT molecular complexity index is 996. The molecule has 0 unspecified atom stereocenters. The van der Waals surface area contributed by atoms with Gasteiger partial charge in [-0.25, -0.2) is 4.79 Å². The molecule has 0 saturated heterocycles. The van der Waals surface area contributed by atoms with Gasteiger partial charge in [0.05, 0.1) is 6.10 Å². The van der Waals surface area contributed by atoms with Crippen LogP contribution in [0, 0.1) is 11.8 Å². The van der Waals surface area contributed by atoms with Gasteiger partial charge in [-0.1, -0.05) is 81.2 Å². The number of hydrogen-bond acceptors (Lipinski definition) is 7. The second kappa shape index (κ2) is 20.7. The normalized spacial score (nSPS) is 25.0. The maximum Gasteiger partial charge on any atom is 0.404 e. The Morgan fingerprint density at radius 3 is 2.60 bits per heavy atom. The van der Waals surface area contributed by atoms with Crippen LogP contribution in [-0.2, 0) is 19.1 Å². The zero-order valence-corrected chi connectivity index (χ0v) is 26.0. The van der Waals surface area contributed by atoms with Gasteiger partial charge in [0.1, 0.15) is 18.3 Å². The Kier molecular flexibility index (Phi) is 18.1. The number of cyclic esters (lactones) is 1. The lowest BCUT2D eigenvalue weighted by molar-refractivity contribution is -0.150. The number of carbonyl (C=O) groups excluding carboxylic acids is 3. The van der Waals surface area contributed by atoms with Crippen LogP contribution < -0.4 is 11.1 Å². The van der Waals surface area contributed by atoms with Crippen molar-refractivity contribution in [1.82, 2.24) is 5.32 Å². The fraction of sp³-hybridized carbons (Fsp3) is 0.606. The highest BCUT2D eigenvalue weighted by atomic mass is 16.6. The van der Waals surface area contributed by atoms with Crippen molar-refractivity contribution in [2.75, 3.05) is 0 Å². The zero-order valence-electron chi connectivity index (χ0n) is 26.0. The average Bonchev–Trinajstić information content (AvgIpc) is 2.89. The topological polar surface area (TPSA) is 148 Å². The molecule has 42 heavy (non-hydrogen) atoms. The maximum atomic E-state index is 12.7. The Hall–Kier alpha value is -3.17. The standard InChI is InChI=1S/C33H52N2O7/c1-23(2)20-31(38)35-19-18-25(4)21-26(5)30-22-24(3)12-8-6-10-14-29(42-33(34)40)28(37)17-16-27(36)13-9-7-11-15-32(39)41-30/h6,8,12,16-19,21,23,26-30,36-37H,7,9-11,13-15,20,22H2,1-5H3,(H2,34,40)(H,35,38)/t26-,27+,28+,29+,30+/m0/s1. The van der Waals surface area contributed by atoms with Gasteiger partial charge in [-0.3, -0.25) is 9.59 Å². The van der Waals surface area contributed by atoms with Crippen molar-refractivity contribution in [3.63, 3.8) is 0 Å². The van der Waals surface area contributed by atoms with E-state index in [0.29, 0.717) is 44.9 Å². The van der Waals surface area contributed by atoms with E-state index < -0.39 is 24.4 Å². The van der Waals surface area contributed by atoms with Gasteiger partial charge in [-0.15, -0.1) is 0 Å². The fourth-order valence-corrected chi connectivity index (χ4v) is 4.52. The lowest BCUT2D eigenvalue weighted by atomic mass is 9.95. The van der Waals surface area contributed by atoms with Gasteiger partial charge in [-0.2, -0.15) is 0 Å². The molecule has 0 aromatic carbocycles. The molecular formula is C33H52N2O7. The van der Waals surface area contributed by atoms with Crippen molar-refractivity contribution < 1.29 is 34.1 Å². The molecule has 0 aliphatic carbocycles. The third kappa shape index (κ3) is 17.6. The number of carbonyl (C=O) groups is 3. The summed E-state index contributed by atoms with van der Waals surface area (Å²) in [7, 11) is 0. The van der Waals surface area contributed by atoms with Crippen LogP contribution in [0.5, 0.6) is 0 Å². The van der Waals surface area contributed by atoms with Crippen molar-refractivity contribution in [2.45, 2.75) is 117 Å². The molecule has 1 heterocycles. The molecule has 0 spiro atoms. The highest BCUT2D eigenvalue weighted by Crippen LogP contribution is 2.21. The summed E-state index contributed by atoms with van der Waals surface area (Å²) in [5.74, 6) is -0.0775. The quantitative estimate of drug-likeness (QED) is 0.173. The molecule has 5 atom stereocenters. The Labute approximate surface area is 251 Å². The van der Waals surface area contributed by atoms with Crippen LogP contribution in [0.1, 0.15) is 92.4 Å². The van der Waals surface area contributed by atoms with Crippen LogP contribution in [0.25, 0.3) is 0 Å². The number of nitrogens with one attached hydrogen (secondary N) is 1. The molecule has 0 radical (unpaired) electrons. The predicted octanol–water partition coefficient (Wildman–Crippen LogP) is 5.54. The number of rotatable bonds is 7. The van der Waals surface area contributed by atoms with Gasteiger partial charge in [0.25, 0.3) is 0 Å². The molecule has 0 aromatic heterocycles. The Balaban J connectivity index is 3.03. The number of esters is 1. The van der Waals surface area contributed by atoms with E-state index in [0.717, 1.165) is 17.6 Å². The summed E-state index contributed by atoms with van der Waals surface area (Å²) >= 11 is 0. The van der Waals surface area contributed by atoms with Crippen LogP contribution in [0.3, 0.4) is 0 Å². The van der Waals surface area contributed by atoms with Gasteiger partial charge in [0, 0.05) is 31.4 Å². The number of hydrogen-bond donors (Lipinski definition) is 4. The number of aliphatic hydroxyl groups excluding tert-OH is 2. The summed E-state index contributed by atoms with van der Waals surface area (Å²) in [6, 6.07) is 0. The first kappa shape index (κ1) is 36.9. The number of aliphatic hydroxyl groups is 2. The van der Waals surface area contributed by atoms with E-state index in [-0.39, 0.29) is 36.2 Å². The predicted molar refractivity (Wildman–Crippen MR) is 165 cm³/mol. The summed E-state index contributed by atoms with van der Waals surface area (Å²) in [4.78, 5) is 36.0. The first-order chi connectivity index (χ1) is 19.9. The zero-order chi connectivity index (χ0) is 31.5. The number of primary amides is 1. The molecular weight excluding hydrogens is 536 g/mol. The van der Waals surface area contributed by atoms with E-state index in [1.165, 1.54) is 12.2 Å². The minimum Gasteiger partial charge on any atom is -0.461 e. The third-order valence-corrected chi connectivity index (χ3v) is 6.80. The summed E-state index contributed by atoms with van der Waals surface area (Å²) < 4.78 is 11.0. The van der Waals surface area contributed by atoms with Crippen molar-refractivity contribution in [2.24, 2.45) is 17.6 Å². The van der Waals surface area contributed by atoms with Crippen molar-refractivity contribution >= 4 is 18.0 Å². The third-order valence-electron chi connectivity index (χ3n) is 6.80. The second-order valence-corrected chi connectivity index (χ2v) is 11.5.